The van der Waals surface area contributed by atoms with Gasteiger partial charge in [-0.3, -0.25) is 9.10 Å². The first kappa shape index (κ1) is 20.7. The van der Waals surface area contributed by atoms with Crippen molar-refractivity contribution in [2.45, 2.75) is 12.5 Å². The van der Waals surface area contributed by atoms with E-state index in [1.165, 1.54) is 19.1 Å². The Labute approximate surface area is 169 Å². The Bertz CT molecular complexity index is 1020. The summed E-state index contributed by atoms with van der Waals surface area (Å²) in [6.45, 7) is 0.0530. The minimum absolute atomic E-state index is 0.0530. The predicted octanol–water partition coefficient (Wildman–Crippen LogP) is 1.59. The molecular formula is C20H22N2O6S. The number of amides is 1. The summed E-state index contributed by atoms with van der Waals surface area (Å²) in [6.07, 6.45) is 0.313. The normalized spacial score (nSPS) is 15.8. The van der Waals surface area contributed by atoms with Crippen LogP contribution in [0.1, 0.15) is 5.56 Å². The van der Waals surface area contributed by atoms with Gasteiger partial charge in [0.25, 0.3) is 0 Å². The van der Waals surface area contributed by atoms with Crippen LogP contribution in [0.25, 0.3) is 0 Å². The highest BCUT2D eigenvalue weighted by molar-refractivity contribution is 7.92. The van der Waals surface area contributed by atoms with Gasteiger partial charge in [-0.2, -0.15) is 0 Å². The Balaban J connectivity index is 1.80. The van der Waals surface area contributed by atoms with Crippen molar-refractivity contribution in [3.63, 3.8) is 0 Å². The first-order chi connectivity index (χ1) is 13.7. The average molecular weight is 418 g/mol. The topological polar surface area (TPSA) is 93.2 Å². The first-order valence-corrected chi connectivity index (χ1v) is 10.7. The van der Waals surface area contributed by atoms with Gasteiger partial charge in [0.2, 0.25) is 22.0 Å². The van der Waals surface area contributed by atoms with Crippen molar-refractivity contribution in [3.05, 3.63) is 54.1 Å². The average Bonchev–Trinajstić information content (AvgIpc) is 2.71. The number of fused-ring (bicyclic) bond motifs is 1. The maximum atomic E-state index is 13.0. The van der Waals surface area contributed by atoms with Crippen molar-refractivity contribution < 1.29 is 27.5 Å². The van der Waals surface area contributed by atoms with E-state index in [0.717, 1.165) is 16.1 Å². The van der Waals surface area contributed by atoms with E-state index >= 15 is 0 Å². The number of sulfonamides is 1. The van der Waals surface area contributed by atoms with Gasteiger partial charge in [0.1, 0.15) is 5.75 Å². The lowest BCUT2D eigenvalue weighted by atomic mass is 10.1. The van der Waals surface area contributed by atoms with Crippen LogP contribution in [0.5, 0.6) is 5.75 Å². The van der Waals surface area contributed by atoms with Gasteiger partial charge < -0.3 is 14.4 Å². The molecule has 1 aliphatic rings. The van der Waals surface area contributed by atoms with E-state index in [-0.39, 0.29) is 18.9 Å². The number of hydrogen-bond acceptors (Lipinski definition) is 6. The molecule has 3 rings (SSSR count). The lowest BCUT2D eigenvalue weighted by Gasteiger charge is -2.33. The summed E-state index contributed by atoms with van der Waals surface area (Å²) in [6, 6.07) is 13.7. The Morgan fingerprint density at radius 1 is 1.17 bits per heavy atom. The van der Waals surface area contributed by atoms with Gasteiger partial charge in [-0.05, 0) is 29.8 Å². The molecule has 0 fully saturated rings. The number of methoxy groups -OCH3 is 1. The van der Waals surface area contributed by atoms with Gasteiger partial charge in [0.15, 0.2) is 0 Å². The van der Waals surface area contributed by atoms with Gasteiger partial charge in [0.05, 0.1) is 37.7 Å². The van der Waals surface area contributed by atoms with Crippen molar-refractivity contribution in [2.24, 2.45) is 0 Å². The Hall–Kier alpha value is -3.07. The number of benzene rings is 2. The molecule has 1 unspecified atom stereocenters. The Morgan fingerprint density at radius 2 is 1.83 bits per heavy atom. The minimum Gasteiger partial charge on any atom is -0.475 e. The molecule has 1 atom stereocenters. The molecule has 1 heterocycles. The molecule has 0 saturated carbocycles. The molecule has 0 bridgehead atoms. The first-order valence-electron chi connectivity index (χ1n) is 8.87. The molecule has 9 heteroatoms. The minimum atomic E-state index is -3.36. The van der Waals surface area contributed by atoms with E-state index in [9.17, 15) is 18.0 Å². The van der Waals surface area contributed by atoms with Crippen molar-refractivity contribution in [2.75, 3.05) is 36.2 Å². The van der Waals surface area contributed by atoms with Crippen LogP contribution in [-0.2, 0) is 30.8 Å². The van der Waals surface area contributed by atoms with Crippen LogP contribution in [0.3, 0.4) is 0 Å². The van der Waals surface area contributed by atoms with Crippen LogP contribution >= 0.6 is 0 Å². The molecule has 2 aromatic carbocycles. The smallest absolute Gasteiger partial charge is 0.348 e. The number of para-hydroxylation sites is 2. The van der Waals surface area contributed by atoms with Crippen molar-refractivity contribution >= 4 is 33.3 Å². The highest BCUT2D eigenvalue weighted by Gasteiger charge is 2.34. The lowest BCUT2D eigenvalue weighted by Crippen LogP contribution is -2.48. The van der Waals surface area contributed by atoms with E-state index in [4.69, 9.17) is 9.47 Å². The predicted molar refractivity (Wildman–Crippen MR) is 109 cm³/mol. The fourth-order valence-corrected chi connectivity index (χ4v) is 3.51. The molecule has 29 heavy (non-hydrogen) atoms. The monoisotopic (exact) mass is 418 g/mol. The second kappa shape index (κ2) is 8.12. The van der Waals surface area contributed by atoms with Gasteiger partial charge in [0, 0.05) is 7.05 Å². The summed E-state index contributed by atoms with van der Waals surface area (Å²) >= 11 is 0. The quantitative estimate of drug-likeness (QED) is 0.685. The molecule has 8 nitrogen and oxygen atoms in total. The Morgan fingerprint density at radius 3 is 2.45 bits per heavy atom. The third-order valence-corrected chi connectivity index (χ3v) is 5.90. The van der Waals surface area contributed by atoms with Crippen molar-refractivity contribution in [1.82, 2.24) is 0 Å². The van der Waals surface area contributed by atoms with E-state index in [0.29, 0.717) is 17.1 Å². The zero-order valence-electron chi connectivity index (χ0n) is 16.4. The van der Waals surface area contributed by atoms with Crippen LogP contribution in [0, 0.1) is 0 Å². The fourth-order valence-electron chi connectivity index (χ4n) is 3.01. The standard InChI is InChI=1S/C20H22N2O6S/c1-21(29(3,25)26)15-10-8-14(9-11-15)12-19(23)22-13-18(20(24)27-2)28-17-7-5-4-6-16(17)22/h4-11,18H,12-13H2,1-3H3. The number of esters is 1. The molecule has 154 valence electrons. The highest BCUT2D eigenvalue weighted by Crippen LogP contribution is 2.33. The fraction of sp³-hybridized carbons (Fsp3) is 0.300. The number of carbonyl (C=O) groups excluding carboxylic acids is 2. The molecule has 0 saturated heterocycles. The van der Waals surface area contributed by atoms with Gasteiger partial charge >= 0.3 is 5.97 Å². The zero-order valence-corrected chi connectivity index (χ0v) is 17.2. The molecular weight excluding hydrogens is 396 g/mol. The number of rotatable bonds is 5. The second-order valence-corrected chi connectivity index (χ2v) is 8.69. The van der Waals surface area contributed by atoms with Gasteiger partial charge in [-0.1, -0.05) is 24.3 Å². The number of hydrogen-bond donors (Lipinski definition) is 0. The number of nitrogens with zero attached hydrogens (tertiary/aromatic N) is 2. The molecule has 1 aliphatic heterocycles. The summed E-state index contributed by atoms with van der Waals surface area (Å²) in [4.78, 5) is 26.4. The van der Waals surface area contributed by atoms with Gasteiger partial charge in [-0.25, -0.2) is 13.2 Å². The third kappa shape index (κ3) is 4.51. The molecule has 0 N–H and O–H groups in total. The highest BCUT2D eigenvalue weighted by atomic mass is 32.2. The van der Waals surface area contributed by atoms with Crippen LogP contribution < -0.4 is 13.9 Å². The van der Waals surface area contributed by atoms with E-state index in [2.05, 4.69) is 0 Å². The SMILES string of the molecule is COC(=O)C1CN(C(=O)Cc2ccc(N(C)S(C)(=O)=O)cc2)c2ccccc2O1. The lowest BCUT2D eigenvalue weighted by molar-refractivity contribution is -0.148. The van der Waals surface area contributed by atoms with E-state index in [1.807, 2.05) is 0 Å². The second-order valence-electron chi connectivity index (χ2n) is 6.68. The summed E-state index contributed by atoms with van der Waals surface area (Å²) < 4.78 is 34.9. The van der Waals surface area contributed by atoms with Crippen molar-refractivity contribution in [3.8, 4) is 5.75 Å². The number of carbonyl (C=O) groups is 2. The van der Waals surface area contributed by atoms with Crippen molar-refractivity contribution in [1.29, 1.82) is 0 Å². The van der Waals surface area contributed by atoms with Gasteiger partial charge in [-0.15, -0.1) is 0 Å². The molecule has 0 radical (unpaired) electrons. The number of anilines is 2. The largest absolute Gasteiger partial charge is 0.475 e. The summed E-state index contributed by atoms with van der Waals surface area (Å²) in [7, 11) is -0.622. The third-order valence-electron chi connectivity index (χ3n) is 4.69. The summed E-state index contributed by atoms with van der Waals surface area (Å²) in [5, 5.41) is 0. The van der Waals surface area contributed by atoms with Crippen LogP contribution in [0.2, 0.25) is 0 Å². The molecule has 1 amide bonds. The maximum Gasteiger partial charge on any atom is 0.348 e. The number of ether oxygens (including phenoxy) is 2. The summed E-state index contributed by atoms with van der Waals surface area (Å²) in [5.41, 5.74) is 1.82. The molecule has 0 aromatic heterocycles. The Kier molecular flexibility index (Phi) is 5.78. The molecule has 2 aromatic rings. The van der Waals surface area contributed by atoms with E-state index in [1.54, 1.807) is 48.5 Å². The van der Waals surface area contributed by atoms with Crippen LogP contribution in [0.4, 0.5) is 11.4 Å². The van der Waals surface area contributed by atoms with E-state index < -0.39 is 22.1 Å². The molecule has 0 aliphatic carbocycles. The van der Waals surface area contributed by atoms with Crippen LogP contribution in [0.15, 0.2) is 48.5 Å². The maximum absolute atomic E-state index is 13.0. The zero-order chi connectivity index (χ0) is 21.2. The molecule has 0 spiro atoms. The van der Waals surface area contributed by atoms with Crippen LogP contribution in [-0.4, -0.2) is 53.4 Å². The summed E-state index contributed by atoms with van der Waals surface area (Å²) in [5.74, 6) is -0.322.